The first kappa shape index (κ1) is 14.3. The predicted octanol–water partition coefficient (Wildman–Crippen LogP) is 2.82. The summed E-state index contributed by atoms with van der Waals surface area (Å²) >= 11 is 0. The van der Waals surface area contributed by atoms with Crippen molar-refractivity contribution in [1.29, 1.82) is 10.5 Å². The van der Waals surface area contributed by atoms with Gasteiger partial charge in [0, 0.05) is 18.8 Å². The van der Waals surface area contributed by atoms with Crippen molar-refractivity contribution in [3.8, 4) is 12.1 Å². The number of anilines is 1. The SMILES string of the molecule is CCN(CC(C)C#N)c1nc2c(cc1C#N)CCCC2. The number of pyridine rings is 1. The van der Waals surface area contributed by atoms with Crippen LogP contribution >= 0.6 is 0 Å². The summed E-state index contributed by atoms with van der Waals surface area (Å²) < 4.78 is 0. The second-order valence-electron chi connectivity index (χ2n) is 5.35. The molecule has 0 N–H and O–H groups in total. The van der Waals surface area contributed by atoms with Gasteiger partial charge in [-0.25, -0.2) is 4.98 Å². The molecule has 0 saturated heterocycles. The third-order valence-electron chi connectivity index (χ3n) is 3.80. The molecule has 4 heteroatoms. The van der Waals surface area contributed by atoms with E-state index in [9.17, 15) is 5.26 Å². The summed E-state index contributed by atoms with van der Waals surface area (Å²) in [6.45, 7) is 5.31. The number of hydrogen-bond donors (Lipinski definition) is 0. The fourth-order valence-electron chi connectivity index (χ4n) is 2.68. The second-order valence-corrected chi connectivity index (χ2v) is 5.35. The van der Waals surface area contributed by atoms with E-state index in [1.807, 2.05) is 24.8 Å². The zero-order chi connectivity index (χ0) is 14.5. The van der Waals surface area contributed by atoms with Crippen LogP contribution in [0.3, 0.4) is 0 Å². The highest BCUT2D eigenvalue weighted by molar-refractivity contribution is 5.56. The van der Waals surface area contributed by atoms with Gasteiger partial charge in [0.15, 0.2) is 0 Å². The molecule has 1 unspecified atom stereocenters. The van der Waals surface area contributed by atoms with Gasteiger partial charge in [0.25, 0.3) is 0 Å². The number of nitriles is 2. The van der Waals surface area contributed by atoms with Crippen molar-refractivity contribution in [3.63, 3.8) is 0 Å². The standard InChI is InChI=1S/C16H20N4/c1-3-20(11-12(2)9-17)16-14(10-18)8-13-6-4-5-7-15(13)19-16/h8,12H,3-7,11H2,1-2H3. The van der Waals surface area contributed by atoms with Crippen LogP contribution in [-0.4, -0.2) is 18.1 Å². The highest BCUT2D eigenvalue weighted by atomic mass is 15.2. The molecule has 1 aromatic rings. The van der Waals surface area contributed by atoms with E-state index in [4.69, 9.17) is 10.2 Å². The predicted molar refractivity (Wildman–Crippen MR) is 78.3 cm³/mol. The van der Waals surface area contributed by atoms with E-state index in [0.29, 0.717) is 12.1 Å². The Morgan fingerprint density at radius 3 is 2.75 bits per heavy atom. The summed E-state index contributed by atoms with van der Waals surface area (Å²) in [7, 11) is 0. The molecule has 4 nitrogen and oxygen atoms in total. The molecule has 104 valence electrons. The van der Waals surface area contributed by atoms with Crippen LogP contribution in [0, 0.1) is 28.6 Å². The zero-order valence-corrected chi connectivity index (χ0v) is 12.2. The van der Waals surface area contributed by atoms with E-state index >= 15 is 0 Å². The average molecular weight is 268 g/mol. The molecule has 0 saturated carbocycles. The third kappa shape index (κ3) is 2.91. The van der Waals surface area contributed by atoms with Crippen LogP contribution in [0.2, 0.25) is 0 Å². The van der Waals surface area contributed by atoms with Crippen molar-refractivity contribution in [2.75, 3.05) is 18.0 Å². The summed E-state index contributed by atoms with van der Waals surface area (Å²) in [5.74, 6) is 0.678. The van der Waals surface area contributed by atoms with Gasteiger partial charge in [0.2, 0.25) is 0 Å². The summed E-state index contributed by atoms with van der Waals surface area (Å²) in [5, 5.41) is 18.4. The Labute approximate surface area is 120 Å². The Morgan fingerprint density at radius 2 is 2.10 bits per heavy atom. The zero-order valence-electron chi connectivity index (χ0n) is 12.2. The lowest BCUT2D eigenvalue weighted by molar-refractivity contribution is 0.651. The van der Waals surface area contributed by atoms with Gasteiger partial charge in [-0.3, -0.25) is 0 Å². The van der Waals surface area contributed by atoms with Gasteiger partial charge in [-0.1, -0.05) is 0 Å². The summed E-state index contributed by atoms with van der Waals surface area (Å²) in [5.41, 5.74) is 2.99. The first-order chi connectivity index (χ1) is 9.69. The van der Waals surface area contributed by atoms with Crippen LogP contribution in [0.1, 0.15) is 43.5 Å². The molecular weight excluding hydrogens is 248 g/mol. The Hall–Kier alpha value is -2.07. The smallest absolute Gasteiger partial charge is 0.146 e. The fraction of sp³-hybridized carbons (Fsp3) is 0.562. The summed E-state index contributed by atoms with van der Waals surface area (Å²) in [6.07, 6.45) is 4.38. The van der Waals surface area contributed by atoms with Crippen molar-refractivity contribution in [2.24, 2.45) is 5.92 Å². The van der Waals surface area contributed by atoms with Crippen molar-refractivity contribution in [2.45, 2.75) is 39.5 Å². The van der Waals surface area contributed by atoms with Gasteiger partial charge in [-0.15, -0.1) is 0 Å². The van der Waals surface area contributed by atoms with E-state index < -0.39 is 0 Å². The number of fused-ring (bicyclic) bond motifs is 1. The summed E-state index contributed by atoms with van der Waals surface area (Å²) in [4.78, 5) is 6.78. The maximum atomic E-state index is 9.37. The van der Waals surface area contributed by atoms with E-state index in [0.717, 1.165) is 30.9 Å². The quantitative estimate of drug-likeness (QED) is 0.842. The van der Waals surface area contributed by atoms with Crippen molar-refractivity contribution >= 4 is 5.82 Å². The van der Waals surface area contributed by atoms with Gasteiger partial charge in [-0.2, -0.15) is 10.5 Å². The maximum absolute atomic E-state index is 9.37. The molecule has 1 aromatic heterocycles. The molecule has 1 atom stereocenters. The lowest BCUT2D eigenvalue weighted by atomic mass is 9.94. The van der Waals surface area contributed by atoms with Gasteiger partial charge in [0.05, 0.1) is 17.6 Å². The topological polar surface area (TPSA) is 63.7 Å². The van der Waals surface area contributed by atoms with Crippen molar-refractivity contribution in [1.82, 2.24) is 4.98 Å². The van der Waals surface area contributed by atoms with E-state index in [-0.39, 0.29) is 5.92 Å². The van der Waals surface area contributed by atoms with Crippen LogP contribution < -0.4 is 4.90 Å². The first-order valence-electron chi connectivity index (χ1n) is 7.27. The Kier molecular flexibility index (Phi) is 4.58. The molecule has 0 fully saturated rings. The molecule has 0 amide bonds. The van der Waals surface area contributed by atoms with Crippen molar-refractivity contribution in [3.05, 3.63) is 22.9 Å². The molecule has 2 rings (SSSR count). The maximum Gasteiger partial charge on any atom is 0.146 e. The number of rotatable bonds is 4. The minimum atomic E-state index is -0.0701. The second kappa shape index (κ2) is 6.39. The summed E-state index contributed by atoms with van der Waals surface area (Å²) in [6, 6.07) is 6.51. The van der Waals surface area contributed by atoms with Crippen LogP contribution in [0.15, 0.2) is 6.07 Å². The lowest BCUT2D eigenvalue weighted by Gasteiger charge is -2.26. The van der Waals surface area contributed by atoms with Gasteiger partial charge >= 0.3 is 0 Å². The van der Waals surface area contributed by atoms with E-state index in [1.165, 1.54) is 18.4 Å². The number of aromatic nitrogens is 1. The minimum absolute atomic E-state index is 0.0701. The number of aryl methyl sites for hydroxylation is 2. The van der Waals surface area contributed by atoms with Gasteiger partial charge < -0.3 is 4.90 Å². The molecule has 0 aromatic carbocycles. The van der Waals surface area contributed by atoms with E-state index in [1.54, 1.807) is 0 Å². The molecule has 0 radical (unpaired) electrons. The largest absolute Gasteiger partial charge is 0.354 e. The molecule has 0 bridgehead atoms. The molecule has 0 spiro atoms. The normalized spacial score (nSPS) is 14.8. The molecule has 20 heavy (non-hydrogen) atoms. The van der Waals surface area contributed by atoms with Crippen LogP contribution in [0.5, 0.6) is 0 Å². The molecule has 1 aliphatic carbocycles. The molecular formula is C16H20N4. The molecule has 0 aliphatic heterocycles. The first-order valence-corrected chi connectivity index (χ1v) is 7.27. The highest BCUT2D eigenvalue weighted by Crippen LogP contribution is 2.26. The minimum Gasteiger partial charge on any atom is -0.354 e. The third-order valence-corrected chi connectivity index (χ3v) is 3.80. The highest BCUT2D eigenvalue weighted by Gasteiger charge is 2.19. The van der Waals surface area contributed by atoms with Crippen LogP contribution in [0.25, 0.3) is 0 Å². The molecule has 1 aliphatic rings. The van der Waals surface area contributed by atoms with Crippen LogP contribution in [-0.2, 0) is 12.8 Å². The average Bonchev–Trinajstić information content (AvgIpc) is 2.50. The van der Waals surface area contributed by atoms with Gasteiger partial charge in [-0.05, 0) is 51.2 Å². The number of nitrogens with zero attached hydrogens (tertiary/aromatic N) is 4. The molecule has 1 heterocycles. The number of hydrogen-bond acceptors (Lipinski definition) is 4. The van der Waals surface area contributed by atoms with Crippen LogP contribution in [0.4, 0.5) is 5.82 Å². The van der Waals surface area contributed by atoms with E-state index in [2.05, 4.69) is 12.1 Å². The van der Waals surface area contributed by atoms with Crippen molar-refractivity contribution < 1.29 is 0 Å². The fourth-order valence-corrected chi connectivity index (χ4v) is 2.68. The lowest BCUT2D eigenvalue weighted by Crippen LogP contribution is -2.30. The van der Waals surface area contributed by atoms with Gasteiger partial charge in [0.1, 0.15) is 11.9 Å². The Morgan fingerprint density at radius 1 is 1.35 bits per heavy atom. The monoisotopic (exact) mass is 268 g/mol. The Bertz CT molecular complexity index is 565. The Balaban J connectivity index is 2.38.